The second-order valence-electron chi connectivity index (χ2n) is 4.02. The van der Waals surface area contributed by atoms with Gasteiger partial charge in [0.1, 0.15) is 0 Å². The third-order valence-corrected chi connectivity index (χ3v) is 2.85. The van der Waals surface area contributed by atoms with Crippen molar-refractivity contribution in [2.75, 3.05) is 46.5 Å². The van der Waals surface area contributed by atoms with Gasteiger partial charge in [0.05, 0.1) is 0 Å². The van der Waals surface area contributed by atoms with Crippen LogP contribution in [-0.2, 0) is 0 Å². The van der Waals surface area contributed by atoms with Gasteiger partial charge >= 0.3 is 0 Å². The van der Waals surface area contributed by atoms with E-state index < -0.39 is 0 Å². The molecule has 0 radical (unpaired) electrons. The number of nitrogens with zero attached hydrogens (tertiary/aromatic N) is 2. The highest BCUT2D eigenvalue weighted by molar-refractivity contribution is 7.80. The van der Waals surface area contributed by atoms with Crippen LogP contribution in [0.2, 0.25) is 0 Å². The molecule has 80 valence electrons. The maximum atomic E-state index is 4.34. The van der Waals surface area contributed by atoms with E-state index in [0.29, 0.717) is 0 Å². The van der Waals surface area contributed by atoms with E-state index in [1.54, 1.807) is 0 Å². The summed E-state index contributed by atoms with van der Waals surface area (Å²) in [5, 5.41) is 0. The lowest BCUT2D eigenvalue weighted by atomic mass is 10.1. The zero-order valence-electron chi connectivity index (χ0n) is 9.45. The van der Waals surface area contributed by atoms with Crippen molar-refractivity contribution in [3.05, 3.63) is 0 Å². The molecule has 0 aromatic rings. The number of hydrogen-bond donors (Lipinski definition) is 1. The van der Waals surface area contributed by atoms with E-state index in [1.807, 2.05) is 0 Å². The predicted octanol–water partition coefficient (Wildman–Crippen LogP) is 1.44. The predicted molar refractivity (Wildman–Crippen MR) is 63.7 cm³/mol. The summed E-state index contributed by atoms with van der Waals surface area (Å²) in [6.45, 7) is 5.70. The van der Waals surface area contributed by atoms with Crippen LogP contribution >= 0.6 is 12.6 Å². The highest BCUT2D eigenvalue weighted by Crippen LogP contribution is 2.05. The molecule has 0 bridgehead atoms. The van der Waals surface area contributed by atoms with Crippen molar-refractivity contribution >= 4 is 12.6 Å². The van der Waals surface area contributed by atoms with E-state index >= 15 is 0 Å². The first-order chi connectivity index (χ1) is 6.10. The van der Waals surface area contributed by atoms with Crippen molar-refractivity contribution in [2.45, 2.75) is 13.3 Å². The highest BCUT2D eigenvalue weighted by atomic mass is 32.1. The van der Waals surface area contributed by atoms with Crippen molar-refractivity contribution in [1.29, 1.82) is 0 Å². The van der Waals surface area contributed by atoms with Crippen LogP contribution in [0, 0.1) is 5.92 Å². The van der Waals surface area contributed by atoms with E-state index in [9.17, 15) is 0 Å². The fraction of sp³-hybridized carbons (Fsp3) is 1.00. The van der Waals surface area contributed by atoms with E-state index in [-0.39, 0.29) is 0 Å². The second kappa shape index (κ2) is 7.65. The molecule has 0 spiro atoms. The smallest absolute Gasteiger partial charge is 0.0106 e. The number of likely N-dealkylation sites (N-methyl/N-ethyl adjacent to an activating group) is 2. The maximum absolute atomic E-state index is 4.34. The second-order valence-corrected chi connectivity index (χ2v) is 4.39. The molecule has 0 aromatic heterocycles. The molecule has 2 nitrogen and oxygen atoms in total. The van der Waals surface area contributed by atoms with Gasteiger partial charge in [-0.1, -0.05) is 13.3 Å². The molecule has 1 atom stereocenters. The molecule has 0 aliphatic heterocycles. The zero-order chi connectivity index (χ0) is 10.3. The summed E-state index contributed by atoms with van der Waals surface area (Å²) in [7, 11) is 6.42. The highest BCUT2D eigenvalue weighted by Gasteiger charge is 2.07. The van der Waals surface area contributed by atoms with Crippen molar-refractivity contribution in [3.8, 4) is 0 Å². The molecule has 0 saturated heterocycles. The Labute approximate surface area is 88.7 Å². The average Bonchev–Trinajstić information content (AvgIpc) is 2.10. The van der Waals surface area contributed by atoms with Gasteiger partial charge in [-0.2, -0.15) is 12.6 Å². The molecule has 0 aromatic carbocycles. The summed E-state index contributed by atoms with van der Waals surface area (Å²) in [5.41, 5.74) is 0. The van der Waals surface area contributed by atoms with Crippen molar-refractivity contribution in [2.24, 2.45) is 5.92 Å². The normalized spacial score (nSPS) is 14.1. The molecular weight excluding hydrogens is 180 g/mol. The summed E-state index contributed by atoms with van der Waals surface area (Å²) in [6.07, 6.45) is 1.23. The van der Waals surface area contributed by atoms with Gasteiger partial charge in [-0.15, -0.1) is 0 Å². The van der Waals surface area contributed by atoms with E-state index in [4.69, 9.17) is 0 Å². The summed E-state index contributed by atoms with van der Waals surface area (Å²) < 4.78 is 0. The van der Waals surface area contributed by atoms with Crippen LogP contribution in [0.3, 0.4) is 0 Å². The summed E-state index contributed by atoms with van der Waals surface area (Å²) in [5.74, 6) is 1.75. The Balaban J connectivity index is 3.53. The largest absolute Gasteiger partial charge is 0.308 e. The Morgan fingerprint density at radius 3 is 2.15 bits per heavy atom. The van der Waals surface area contributed by atoms with Gasteiger partial charge < -0.3 is 9.80 Å². The van der Waals surface area contributed by atoms with Crippen LogP contribution in [0.25, 0.3) is 0 Å². The summed E-state index contributed by atoms with van der Waals surface area (Å²) in [4.78, 5) is 4.61. The fourth-order valence-corrected chi connectivity index (χ4v) is 1.59. The molecule has 0 aliphatic rings. The molecule has 0 rings (SSSR count). The Kier molecular flexibility index (Phi) is 7.81. The molecule has 1 unspecified atom stereocenters. The van der Waals surface area contributed by atoms with Crippen LogP contribution in [0.4, 0.5) is 0 Å². The van der Waals surface area contributed by atoms with E-state index in [0.717, 1.165) is 24.8 Å². The maximum Gasteiger partial charge on any atom is 0.0106 e. The number of hydrogen-bond acceptors (Lipinski definition) is 3. The molecule has 0 N–H and O–H groups in total. The molecule has 0 aliphatic carbocycles. The standard InChI is InChI=1S/C10H24N2S/c1-5-10(9-13)8-12(4)7-6-11(2)3/h10,13H,5-9H2,1-4H3. The van der Waals surface area contributed by atoms with Crippen LogP contribution in [-0.4, -0.2) is 56.3 Å². The Morgan fingerprint density at radius 1 is 1.15 bits per heavy atom. The first-order valence-electron chi connectivity index (χ1n) is 5.04. The third-order valence-electron chi connectivity index (χ3n) is 2.33. The Bertz CT molecular complexity index is 113. The van der Waals surface area contributed by atoms with Gasteiger partial charge in [-0.25, -0.2) is 0 Å². The summed E-state index contributed by atoms with van der Waals surface area (Å²) >= 11 is 4.34. The fourth-order valence-electron chi connectivity index (χ4n) is 1.22. The molecule has 0 fully saturated rings. The average molecular weight is 204 g/mol. The van der Waals surface area contributed by atoms with Crippen molar-refractivity contribution < 1.29 is 0 Å². The SMILES string of the molecule is CCC(CS)CN(C)CCN(C)C. The van der Waals surface area contributed by atoms with Gasteiger partial charge in [-0.3, -0.25) is 0 Å². The van der Waals surface area contributed by atoms with Gasteiger partial charge in [0, 0.05) is 19.6 Å². The van der Waals surface area contributed by atoms with Gasteiger partial charge in [0.25, 0.3) is 0 Å². The quantitative estimate of drug-likeness (QED) is 0.627. The lowest BCUT2D eigenvalue weighted by Gasteiger charge is -2.23. The lowest BCUT2D eigenvalue weighted by molar-refractivity contribution is 0.252. The number of rotatable bonds is 7. The Morgan fingerprint density at radius 2 is 1.77 bits per heavy atom. The molecule has 0 heterocycles. The van der Waals surface area contributed by atoms with E-state index in [1.165, 1.54) is 13.0 Å². The third kappa shape index (κ3) is 7.35. The molecule has 13 heavy (non-hydrogen) atoms. The minimum absolute atomic E-state index is 0.746. The van der Waals surface area contributed by atoms with Crippen LogP contribution in [0.15, 0.2) is 0 Å². The summed E-state index contributed by atoms with van der Waals surface area (Å²) in [6, 6.07) is 0. The van der Waals surface area contributed by atoms with Gasteiger partial charge in [0.15, 0.2) is 0 Å². The van der Waals surface area contributed by atoms with Crippen LogP contribution < -0.4 is 0 Å². The topological polar surface area (TPSA) is 6.48 Å². The lowest BCUT2D eigenvalue weighted by Crippen LogP contribution is -2.32. The van der Waals surface area contributed by atoms with Crippen molar-refractivity contribution in [1.82, 2.24) is 9.80 Å². The van der Waals surface area contributed by atoms with Gasteiger partial charge in [0.2, 0.25) is 0 Å². The zero-order valence-corrected chi connectivity index (χ0v) is 10.3. The molecule has 0 saturated carbocycles. The first kappa shape index (κ1) is 13.3. The van der Waals surface area contributed by atoms with Gasteiger partial charge in [-0.05, 0) is 32.8 Å². The minimum atomic E-state index is 0.746. The number of thiol groups is 1. The molecule has 3 heteroatoms. The first-order valence-corrected chi connectivity index (χ1v) is 5.67. The van der Waals surface area contributed by atoms with Crippen LogP contribution in [0.5, 0.6) is 0 Å². The molecular formula is C10H24N2S. The van der Waals surface area contributed by atoms with Crippen LogP contribution in [0.1, 0.15) is 13.3 Å². The Hall–Kier alpha value is 0.270. The van der Waals surface area contributed by atoms with E-state index in [2.05, 4.69) is 50.5 Å². The molecule has 0 amide bonds. The van der Waals surface area contributed by atoms with Crippen molar-refractivity contribution in [3.63, 3.8) is 0 Å². The minimum Gasteiger partial charge on any atom is -0.308 e. The monoisotopic (exact) mass is 204 g/mol.